The van der Waals surface area contributed by atoms with Crippen molar-refractivity contribution in [1.82, 2.24) is 15.3 Å². The van der Waals surface area contributed by atoms with E-state index in [-0.39, 0.29) is 5.97 Å². The van der Waals surface area contributed by atoms with Gasteiger partial charge in [-0.1, -0.05) is 0 Å². The highest BCUT2D eigenvalue weighted by atomic mass is 16.5. The molecule has 6 heteroatoms. The Labute approximate surface area is 119 Å². The predicted molar refractivity (Wildman–Crippen MR) is 76.9 cm³/mol. The molecule has 1 aliphatic heterocycles. The molecule has 0 spiro atoms. The van der Waals surface area contributed by atoms with Crippen molar-refractivity contribution in [1.29, 1.82) is 0 Å². The van der Waals surface area contributed by atoms with Crippen molar-refractivity contribution in [2.45, 2.75) is 39.2 Å². The van der Waals surface area contributed by atoms with E-state index < -0.39 is 0 Å². The second-order valence-electron chi connectivity index (χ2n) is 4.92. The SMILES string of the molecule is CCOC(=O)c1cnc(NCC[C@@H]2CCCN2)nc1C. The van der Waals surface area contributed by atoms with E-state index in [1.54, 1.807) is 13.8 Å². The summed E-state index contributed by atoms with van der Waals surface area (Å²) in [4.78, 5) is 20.1. The Balaban J connectivity index is 1.86. The van der Waals surface area contributed by atoms with Crippen LogP contribution in [0.3, 0.4) is 0 Å². The maximum absolute atomic E-state index is 11.6. The molecule has 2 N–H and O–H groups in total. The second-order valence-corrected chi connectivity index (χ2v) is 4.92. The highest BCUT2D eigenvalue weighted by molar-refractivity contribution is 5.90. The van der Waals surface area contributed by atoms with Gasteiger partial charge in [0.15, 0.2) is 0 Å². The Hall–Kier alpha value is -1.69. The van der Waals surface area contributed by atoms with E-state index in [9.17, 15) is 4.79 Å². The molecule has 1 aromatic heterocycles. The first-order valence-electron chi connectivity index (χ1n) is 7.18. The van der Waals surface area contributed by atoms with Gasteiger partial charge in [-0.15, -0.1) is 0 Å². The van der Waals surface area contributed by atoms with Crippen LogP contribution in [0, 0.1) is 6.92 Å². The lowest BCUT2D eigenvalue weighted by atomic mass is 10.1. The van der Waals surface area contributed by atoms with Gasteiger partial charge in [0.05, 0.1) is 17.9 Å². The van der Waals surface area contributed by atoms with Crippen LogP contribution in [0.5, 0.6) is 0 Å². The monoisotopic (exact) mass is 278 g/mol. The van der Waals surface area contributed by atoms with Crippen LogP contribution in [0.2, 0.25) is 0 Å². The lowest BCUT2D eigenvalue weighted by Crippen LogP contribution is -2.24. The summed E-state index contributed by atoms with van der Waals surface area (Å²) in [5.41, 5.74) is 1.06. The third kappa shape index (κ3) is 3.90. The molecule has 1 atom stereocenters. The molecule has 2 rings (SSSR count). The predicted octanol–water partition coefficient (Wildman–Crippen LogP) is 1.52. The standard InChI is InChI=1S/C14H22N4O2/c1-3-20-13(19)12-9-17-14(18-10(12)2)16-8-6-11-5-4-7-15-11/h9,11,15H,3-8H2,1-2H3,(H,16,17,18)/t11-/m0/s1. The van der Waals surface area contributed by atoms with Crippen LogP contribution in [0.25, 0.3) is 0 Å². The average molecular weight is 278 g/mol. The lowest BCUT2D eigenvalue weighted by Gasteiger charge is -2.11. The first-order valence-corrected chi connectivity index (χ1v) is 7.18. The van der Waals surface area contributed by atoms with E-state index in [1.165, 1.54) is 19.0 Å². The topological polar surface area (TPSA) is 76.1 Å². The van der Waals surface area contributed by atoms with Crippen LogP contribution in [0.1, 0.15) is 42.2 Å². The Bertz CT molecular complexity index is 458. The molecule has 1 fully saturated rings. The van der Waals surface area contributed by atoms with E-state index in [1.807, 2.05) is 0 Å². The van der Waals surface area contributed by atoms with E-state index in [0.29, 0.717) is 29.9 Å². The molecule has 0 bridgehead atoms. The molecule has 6 nitrogen and oxygen atoms in total. The number of esters is 1. The largest absolute Gasteiger partial charge is 0.462 e. The van der Waals surface area contributed by atoms with Gasteiger partial charge in [0.1, 0.15) is 0 Å². The number of aromatic nitrogens is 2. The van der Waals surface area contributed by atoms with Crippen molar-refractivity contribution in [3.8, 4) is 0 Å². The first-order chi connectivity index (χ1) is 9.70. The van der Waals surface area contributed by atoms with Gasteiger partial charge in [-0.05, 0) is 39.7 Å². The molecular formula is C14H22N4O2. The summed E-state index contributed by atoms with van der Waals surface area (Å²) in [5, 5.41) is 6.65. The molecule has 110 valence electrons. The van der Waals surface area contributed by atoms with Crippen LogP contribution in [-0.2, 0) is 4.74 Å². The molecule has 20 heavy (non-hydrogen) atoms. The van der Waals surface area contributed by atoms with Gasteiger partial charge in [-0.25, -0.2) is 14.8 Å². The minimum absolute atomic E-state index is 0.354. The van der Waals surface area contributed by atoms with Gasteiger partial charge >= 0.3 is 5.97 Å². The summed E-state index contributed by atoms with van der Waals surface area (Å²) in [6.45, 7) is 5.87. The number of rotatable bonds is 6. The van der Waals surface area contributed by atoms with Gasteiger partial charge in [-0.2, -0.15) is 0 Å². The van der Waals surface area contributed by atoms with Crippen LogP contribution in [0.4, 0.5) is 5.95 Å². The fraction of sp³-hybridized carbons (Fsp3) is 0.643. The minimum atomic E-state index is -0.369. The summed E-state index contributed by atoms with van der Waals surface area (Å²) in [5.74, 6) is 0.195. The quantitative estimate of drug-likeness (QED) is 0.768. The van der Waals surface area contributed by atoms with Crippen LogP contribution in [0.15, 0.2) is 6.20 Å². The zero-order chi connectivity index (χ0) is 14.4. The molecule has 0 unspecified atom stereocenters. The van der Waals surface area contributed by atoms with Crippen LogP contribution < -0.4 is 10.6 Å². The number of carbonyl (C=O) groups excluding carboxylic acids is 1. The number of carbonyl (C=O) groups is 1. The number of anilines is 1. The molecule has 0 aliphatic carbocycles. The molecule has 1 saturated heterocycles. The molecule has 0 saturated carbocycles. The molecular weight excluding hydrogens is 256 g/mol. The van der Waals surface area contributed by atoms with Crippen LogP contribution >= 0.6 is 0 Å². The maximum atomic E-state index is 11.6. The van der Waals surface area contributed by atoms with Gasteiger partial charge < -0.3 is 15.4 Å². The molecule has 0 radical (unpaired) electrons. The second kappa shape index (κ2) is 7.19. The zero-order valence-corrected chi connectivity index (χ0v) is 12.1. The number of hydrogen-bond acceptors (Lipinski definition) is 6. The van der Waals surface area contributed by atoms with Gasteiger partial charge in [-0.3, -0.25) is 0 Å². The first kappa shape index (κ1) is 14.7. The molecule has 1 aliphatic rings. The van der Waals surface area contributed by atoms with E-state index in [2.05, 4.69) is 20.6 Å². The van der Waals surface area contributed by atoms with Crippen molar-refractivity contribution < 1.29 is 9.53 Å². The van der Waals surface area contributed by atoms with Crippen molar-refractivity contribution in [3.63, 3.8) is 0 Å². The number of hydrogen-bond donors (Lipinski definition) is 2. The van der Waals surface area contributed by atoms with Gasteiger partial charge in [0.25, 0.3) is 0 Å². The Morgan fingerprint density at radius 1 is 1.60 bits per heavy atom. The summed E-state index contributed by atoms with van der Waals surface area (Å²) in [6, 6.07) is 0.599. The van der Waals surface area contributed by atoms with Crippen molar-refractivity contribution >= 4 is 11.9 Å². The fourth-order valence-electron chi connectivity index (χ4n) is 2.32. The fourth-order valence-corrected chi connectivity index (χ4v) is 2.32. The average Bonchev–Trinajstić information content (AvgIpc) is 2.92. The third-order valence-corrected chi connectivity index (χ3v) is 3.41. The van der Waals surface area contributed by atoms with Crippen molar-refractivity contribution in [3.05, 3.63) is 17.5 Å². The van der Waals surface area contributed by atoms with Crippen molar-refractivity contribution in [2.75, 3.05) is 25.0 Å². The number of nitrogens with one attached hydrogen (secondary N) is 2. The maximum Gasteiger partial charge on any atom is 0.341 e. The Morgan fingerprint density at radius 3 is 3.10 bits per heavy atom. The smallest absolute Gasteiger partial charge is 0.341 e. The summed E-state index contributed by atoms with van der Waals surface area (Å²) >= 11 is 0. The highest BCUT2D eigenvalue weighted by Crippen LogP contribution is 2.11. The van der Waals surface area contributed by atoms with E-state index >= 15 is 0 Å². The highest BCUT2D eigenvalue weighted by Gasteiger charge is 2.14. The molecule has 1 aromatic rings. The lowest BCUT2D eigenvalue weighted by molar-refractivity contribution is 0.0524. The van der Waals surface area contributed by atoms with Gasteiger partial charge in [0.2, 0.25) is 5.95 Å². The summed E-state index contributed by atoms with van der Waals surface area (Å²) in [7, 11) is 0. The Kier molecular flexibility index (Phi) is 5.29. The third-order valence-electron chi connectivity index (χ3n) is 3.41. The van der Waals surface area contributed by atoms with Crippen molar-refractivity contribution in [2.24, 2.45) is 0 Å². The molecule has 2 heterocycles. The van der Waals surface area contributed by atoms with E-state index in [4.69, 9.17) is 4.74 Å². The zero-order valence-electron chi connectivity index (χ0n) is 12.1. The summed E-state index contributed by atoms with van der Waals surface area (Å²) < 4.78 is 4.95. The number of aryl methyl sites for hydroxylation is 1. The molecule has 0 aromatic carbocycles. The van der Waals surface area contributed by atoms with E-state index in [0.717, 1.165) is 19.5 Å². The Morgan fingerprint density at radius 2 is 2.45 bits per heavy atom. The van der Waals surface area contributed by atoms with Crippen LogP contribution in [-0.4, -0.2) is 41.7 Å². The summed E-state index contributed by atoms with van der Waals surface area (Å²) in [6.07, 6.45) is 5.08. The normalized spacial score (nSPS) is 18.0. The minimum Gasteiger partial charge on any atom is -0.462 e. The van der Waals surface area contributed by atoms with Gasteiger partial charge in [0, 0.05) is 18.8 Å². The molecule has 0 amide bonds. The number of ether oxygens (including phenoxy) is 1. The number of nitrogens with zero attached hydrogens (tertiary/aromatic N) is 2.